The predicted molar refractivity (Wildman–Crippen MR) is 72.5 cm³/mol. The highest BCUT2D eigenvalue weighted by Crippen LogP contribution is 2.29. The number of carboxylic acid groups (broad SMARTS) is 1. The van der Waals surface area contributed by atoms with E-state index in [0.717, 1.165) is 31.4 Å². The normalized spacial score (nSPS) is 17.4. The van der Waals surface area contributed by atoms with Crippen molar-refractivity contribution < 1.29 is 15.0 Å². The molecule has 3 N–H and O–H groups in total. The zero-order valence-corrected chi connectivity index (χ0v) is 11.1. The highest BCUT2D eigenvalue weighted by atomic mass is 16.4. The molecule has 0 aliphatic heterocycles. The van der Waals surface area contributed by atoms with Gasteiger partial charge in [-0.05, 0) is 31.4 Å². The molecule has 19 heavy (non-hydrogen) atoms. The Kier molecular flexibility index (Phi) is 4.04. The van der Waals surface area contributed by atoms with Gasteiger partial charge in [-0.2, -0.15) is 0 Å². The minimum atomic E-state index is -0.959. The van der Waals surface area contributed by atoms with E-state index in [1.54, 1.807) is 6.07 Å². The number of carbonyl (C=O) groups is 1. The molecule has 1 heterocycles. The van der Waals surface area contributed by atoms with Crippen LogP contribution in [0.4, 0.5) is 5.82 Å². The summed E-state index contributed by atoms with van der Waals surface area (Å²) in [6.07, 6.45) is 4.35. The highest BCUT2D eigenvalue weighted by molar-refractivity contribution is 5.88. The first-order valence-corrected chi connectivity index (χ1v) is 6.73. The molecule has 1 aliphatic rings. The van der Waals surface area contributed by atoms with E-state index in [0.29, 0.717) is 18.8 Å². The largest absolute Gasteiger partial charge is 0.478 e. The number of aromatic nitrogens is 1. The predicted octanol–water partition coefficient (Wildman–Crippen LogP) is 2.06. The van der Waals surface area contributed by atoms with Crippen molar-refractivity contribution in [3.05, 3.63) is 23.4 Å². The van der Waals surface area contributed by atoms with E-state index in [-0.39, 0.29) is 5.56 Å². The second-order valence-electron chi connectivity index (χ2n) is 5.18. The van der Waals surface area contributed by atoms with E-state index < -0.39 is 11.6 Å². The van der Waals surface area contributed by atoms with Gasteiger partial charge in [0, 0.05) is 12.2 Å². The minimum Gasteiger partial charge on any atom is -0.478 e. The number of nitrogens with zero attached hydrogens (tertiary/aromatic N) is 1. The summed E-state index contributed by atoms with van der Waals surface area (Å²) in [6, 6.07) is 3.09. The van der Waals surface area contributed by atoms with Crippen molar-refractivity contribution >= 4 is 11.8 Å². The minimum absolute atomic E-state index is 0.229. The molecule has 1 saturated carbocycles. The van der Waals surface area contributed by atoms with E-state index in [9.17, 15) is 9.90 Å². The molecule has 0 atom stereocenters. The van der Waals surface area contributed by atoms with Crippen molar-refractivity contribution in [3.63, 3.8) is 0 Å². The van der Waals surface area contributed by atoms with Gasteiger partial charge in [-0.1, -0.05) is 19.8 Å². The Hall–Kier alpha value is -1.62. The third kappa shape index (κ3) is 3.44. The number of hydrogen-bond acceptors (Lipinski definition) is 4. The molecule has 0 spiro atoms. The summed E-state index contributed by atoms with van der Waals surface area (Å²) in [5, 5.41) is 22.4. The van der Waals surface area contributed by atoms with Crippen molar-refractivity contribution in [2.45, 2.75) is 44.6 Å². The number of hydrogen-bond donors (Lipinski definition) is 3. The Morgan fingerprint density at radius 3 is 2.68 bits per heavy atom. The van der Waals surface area contributed by atoms with Gasteiger partial charge in [0.2, 0.25) is 0 Å². The first-order valence-electron chi connectivity index (χ1n) is 6.73. The summed E-state index contributed by atoms with van der Waals surface area (Å²) in [5.41, 5.74) is 0.293. The van der Waals surface area contributed by atoms with Crippen LogP contribution in [-0.2, 0) is 6.42 Å². The lowest BCUT2D eigenvalue weighted by Gasteiger charge is -2.22. The number of aliphatic hydroxyl groups is 1. The van der Waals surface area contributed by atoms with Crippen molar-refractivity contribution in [1.29, 1.82) is 0 Å². The van der Waals surface area contributed by atoms with Gasteiger partial charge in [-0.3, -0.25) is 0 Å². The van der Waals surface area contributed by atoms with Crippen LogP contribution in [0.3, 0.4) is 0 Å². The molecule has 2 rings (SSSR count). The Morgan fingerprint density at radius 2 is 2.11 bits per heavy atom. The standard InChI is InChI=1S/C14H20N2O3/c1-2-11-7-10(13(17)18)8-12(16-11)15-9-14(19)5-3-4-6-14/h7-8,19H,2-6,9H2,1H3,(H,15,16)(H,17,18). The van der Waals surface area contributed by atoms with E-state index in [2.05, 4.69) is 10.3 Å². The first-order chi connectivity index (χ1) is 9.02. The third-order valence-electron chi connectivity index (χ3n) is 3.62. The maximum Gasteiger partial charge on any atom is 0.335 e. The van der Waals surface area contributed by atoms with Crippen LogP contribution in [-0.4, -0.2) is 33.3 Å². The number of aromatic carboxylic acids is 1. The lowest BCUT2D eigenvalue weighted by molar-refractivity contribution is 0.0614. The molecule has 1 fully saturated rings. The number of anilines is 1. The quantitative estimate of drug-likeness (QED) is 0.758. The number of aryl methyl sites for hydroxylation is 1. The summed E-state index contributed by atoms with van der Waals surface area (Å²) >= 11 is 0. The monoisotopic (exact) mass is 264 g/mol. The van der Waals surface area contributed by atoms with Gasteiger partial charge in [-0.15, -0.1) is 0 Å². The van der Waals surface area contributed by atoms with Crippen LogP contribution < -0.4 is 5.32 Å². The van der Waals surface area contributed by atoms with Crippen LogP contribution in [0, 0.1) is 0 Å². The van der Waals surface area contributed by atoms with E-state index >= 15 is 0 Å². The van der Waals surface area contributed by atoms with E-state index in [1.807, 2.05) is 6.92 Å². The Balaban J connectivity index is 2.10. The van der Waals surface area contributed by atoms with E-state index in [1.165, 1.54) is 6.07 Å². The Morgan fingerprint density at radius 1 is 1.42 bits per heavy atom. The molecule has 1 aliphatic carbocycles. The van der Waals surface area contributed by atoms with Gasteiger partial charge in [0.05, 0.1) is 11.2 Å². The van der Waals surface area contributed by atoms with Crippen molar-refractivity contribution in [3.8, 4) is 0 Å². The number of carboxylic acids is 1. The summed E-state index contributed by atoms with van der Waals surface area (Å²) in [7, 11) is 0. The maximum absolute atomic E-state index is 11.0. The molecule has 0 saturated heterocycles. The highest BCUT2D eigenvalue weighted by Gasteiger charge is 2.30. The lowest BCUT2D eigenvalue weighted by Crippen LogP contribution is -2.33. The van der Waals surface area contributed by atoms with Gasteiger partial charge in [0.1, 0.15) is 5.82 Å². The second kappa shape index (κ2) is 5.57. The van der Waals surface area contributed by atoms with Crippen LogP contribution in [0.1, 0.15) is 48.7 Å². The number of rotatable bonds is 5. The molecule has 0 radical (unpaired) electrons. The lowest BCUT2D eigenvalue weighted by atomic mass is 10.0. The molecule has 5 nitrogen and oxygen atoms in total. The van der Waals surface area contributed by atoms with Crippen LogP contribution in [0.2, 0.25) is 0 Å². The second-order valence-corrected chi connectivity index (χ2v) is 5.18. The topological polar surface area (TPSA) is 82.5 Å². The zero-order valence-electron chi connectivity index (χ0n) is 11.1. The molecule has 104 valence electrons. The third-order valence-corrected chi connectivity index (χ3v) is 3.62. The summed E-state index contributed by atoms with van der Waals surface area (Å²) < 4.78 is 0. The molecule has 5 heteroatoms. The van der Waals surface area contributed by atoms with Crippen molar-refractivity contribution in [1.82, 2.24) is 4.98 Å². The first kappa shape index (κ1) is 13.8. The fourth-order valence-electron chi connectivity index (χ4n) is 2.45. The van der Waals surface area contributed by atoms with Crippen molar-refractivity contribution in [2.75, 3.05) is 11.9 Å². The van der Waals surface area contributed by atoms with E-state index in [4.69, 9.17) is 5.11 Å². The van der Waals surface area contributed by atoms with Gasteiger partial charge in [-0.25, -0.2) is 9.78 Å². The summed E-state index contributed by atoms with van der Waals surface area (Å²) in [4.78, 5) is 15.4. The molecule has 0 bridgehead atoms. The molecule has 1 aromatic rings. The SMILES string of the molecule is CCc1cc(C(=O)O)cc(NCC2(O)CCCC2)n1. The fourth-order valence-corrected chi connectivity index (χ4v) is 2.45. The summed E-state index contributed by atoms with van der Waals surface area (Å²) in [5.74, 6) is -0.434. The van der Waals surface area contributed by atoms with Gasteiger partial charge >= 0.3 is 5.97 Å². The number of nitrogens with one attached hydrogen (secondary N) is 1. The zero-order chi connectivity index (χ0) is 13.9. The van der Waals surface area contributed by atoms with Gasteiger partial charge < -0.3 is 15.5 Å². The Labute approximate surface area is 112 Å². The number of pyridine rings is 1. The molecule has 0 amide bonds. The van der Waals surface area contributed by atoms with Gasteiger partial charge in [0.25, 0.3) is 0 Å². The maximum atomic E-state index is 11.0. The molecule has 0 unspecified atom stereocenters. The fraction of sp³-hybridized carbons (Fsp3) is 0.571. The molecular weight excluding hydrogens is 244 g/mol. The summed E-state index contributed by atoms with van der Waals surface area (Å²) in [6.45, 7) is 2.36. The molecular formula is C14H20N2O3. The molecule has 1 aromatic heterocycles. The van der Waals surface area contributed by atoms with Gasteiger partial charge in [0.15, 0.2) is 0 Å². The van der Waals surface area contributed by atoms with Crippen molar-refractivity contribution in [2.24, 2.45) is 0 Å². The molecule has 0 aromatic carbocycles. The van der Waals surface area contributed by atoms with Crippen LogP contribution in [0.25, 0.3) is 0 Å². The average Bonchev–Trinajstić information content (AvgIpc) is 2.83. The average molecular weight is 264 g/mol. The smallest absolute Gasteiger partial charge is 0.335 e. The van der Waals surface area contributed by atoms with Crippen LogP contribution in [0.15, 0.2) is 12.1 Å². The Bertz CT molecular complexity index is 468. The van der Waals surface area contributed by atoms with Crippen LogP contribution in [0.5, 0.6) is 0 Å². The van der Waals surface area contributed by atoms with Crippen LogP contribution >= 0.6 is 0 Å².